The molecule has 1 heterocycles. The van der Waals surface area contributed by atoms with Crippen molar-refractivity contribution in [1.29, 1.82) is 5.26 Å². The number of aromatic nitrogens is 2. The number of thiocarbonyl (C=S) groups is 1. The number of halogens is 1. The fourth-order valence-electron chi connectivity index (χ4n) is 2.68. The number of nitriles is 1. The Morgan fingerprint density at radius 2 is 1.93 bits per heavy atom. The van der Waals surface area contributed by atoms with Crippen LogP contribution in [-0.4, -0.2) is 42.4 Å². The molecule has 154 valence electrons. The summed E-state index contributed by atoms with van der Waals surface area (Å²) in [7, 11) is 3.08. The van der Waals surface area contributed by atoms with Gasteiger partial charge in [0.05, 0.1) is 43.6 Å². The summed E-state index contributed by atoms with van der Waals surface area (Å²) in [6.45, 7) is 3.40. The molecule has 10 heteroatoms. The van der Waals surface area contributed by atoms with Gasteiger partial charge in [0.15, 0.2) is 10.9 Å². The number of ether oxygens (including phenoxy) is 2. The number of methoxy groups -OCH3 is 2. The molecule has 0 aliphatic carbocycles. The number of nitrogens with one attached hydrogen (secondary N) is 2. The minimum atomic E-state index is 0.320. The molecule has 8 nitrogen and oxygen atoms in total. The lowest BCUT2D eigenvalue weighted by molar-refractivity contribution is 0.405. The molecule has 2 aromatic rings. The second kappa shape index (κ2) is 11.2. The first-order chi connectivity index (χ1) is 14.0. The minimum absolute atomic E-state index is 0.320. The van der Waals surface area contributed by atoms with E-state index in [9.17, 15) is 0 Å². The van der Waals surface area contributed by atoms with Crippen molar-refractivity contribution in [2.45, 2.75) is 19.8 Å². The van der Waals surface area contributed by atoms with E-state index in [1.165, 1.54) is 13.4 Å². The lowest BCUT2D eigenvalue weighted by Crippen LogP contribution is -2.28. The van der Waals surface area contributed by atoms with Gasteiger partial charge in [-0.25, -0.2) is 9.97 Å². The molecule has 0 radical (unpaired) electrons. The fraction of sp³-hybridized carbons (Fsp3) is 0.368. The normalized spacial score (nSPS) is 10.0. The summed E-state index contributed by atoms with van der Waals surface area (Å²) in [6, 6.07) is 5.52. The Labute approximate surface area is 180 Å². The summed E-state index contributed by atoms with van der Waals surface area (Å²) >= 11 is 11.6. The number of nitrogens with zero attached hydrogens (tertiary/aromatic N) is 4. The van der Waals surface area contributed by atoms with Crippen LogP contribution in [-0.2, 0) is 0 Å². The highest BCUT2D eigenvalue weighted by Gasteiger charge is 2.15. The third kappa shape index (κ3) is 6.07. The molecule has 0 bridgehead atoms. The predicted octanol–water partition coefficient (Wildman–Crippen LogP) is 4.09. The molecule has 2 N–H and O–H groups in total. The number of benzene rings is 1. The zero-order valence-electron chi connectivity index (χ0n) is 16.5. The maximum absolute atomic E-state index is 8.93. The summed E-state index contributed by atoms with van der Waals surface area (Å²) in [5.41, 5.74) is 1.23. The zero-order valence-corrected chi connectivity index (χ0v) is 18.1. The van der Waals surface area contributed by atoms with Crippen LogP contribution >= 0.6 is 23.8 Å². The van der Waals surface area contributed by atoms with Crippen LogP contribution in [0.25, 0.3) is 0 Å². The number of hydrogen-bond acceptors (Lipinski definition) is 7. The van der Waals surface area contributed by atoms with Crippen molar-refractivity contribution >= 4 is 46.1 Å². The Hall–Kier alpha value is -2.83. The van der Waals surface area contributed by atoms with Crippen molar-refractivity contribution in [1.82, 2.24) is 9.97 Å². The summed E-state index contributed by atoms with van der Waals surface area (Å²) in [5, 5.41) is 15.9. The van der Waals surface area contributed by atoms with Crippen LogP contribution in [0.1, 0.15) is 19.8 Å². The van der Waals surface area contributed by atoms with E-state index in [2.05, 4.69) is 33.6 Å². The van der Waals surface area contributed by atoms with Gasteiger partial charge in [-0.2, -0.15) is 5.26 Å². The van der Waals surface area contributed by atoms with Crippen LogP contribution in [0, 0.1) is 11.3 Å². The predicted molar refractivity (Wildman–Crippen MR) is 119 cm³/mol. The van der Waals surface area contributed by atoms with Gasteiger partial charge in [-0.1, -0.05) is 18.5 Å². The molecule has 0 saturated heterocycles. The molecule has 1 aromatic heterocycles. The van der Waals surface area contributed by atoms with E-state index >= 15 is 0 Å². The smallest absolute Gasteiger partial charge is 0.175 e. The quantitative estimate of drug-likeness (QED) is 0.565. The van der Waals surface area contributed by atoms with E-state index in [0.29, 0.717) is 51.8 Å². The summed E-state index contributed by atoms with van der Waals surface area (Å²) < 4.78 is 10.6. The topological polar surface area (TPSA) is 95.3 Å². The van der Waals surface area contributed by atoms with Crippen LogP contribution in [0.5, 0.6) is 11.5 Å². The molecule has 0 unspecified atom stereocenters. The number of anilines is 3. The lowest BCUT2D eigenvalue weighted by Gasteiger charge is -2.24. The molecule has 29 heavy (non-hydrogen) atoms. The van der Waals surface area contributed by atoms with Gasteiger partial charge in [0.2, 0.25) is 0 Å². The highest BCUT2D eigenvalue weighted by atomic mass is 35.5. The van der Waals surface area contributed by atoms with E-state index in [1.807, 2.05) is 4.90 Å². The van der Waals surface area contributed by atoms with E-state index in [0.717, 1.165) is 13.0 Å². The van der Waals surface area contributed by atoms with Crippen LogP contribution in [0.4, 0.5) is 17.2 Å². The monoisotopic (exact) mass is 434 g/mol. The molecule has 0 aliphatic heterocycles. The summed E-state index contributed by atoms with van der Waals surface area (Å²) in [4.78, 5) is 10.5. The molecule has 0 aliphatic rings. The highest BCUT2D eigenvalue weighted by Crippen LogP contribution is 2.36. The molecular weight excluding hydrogens is 412 g/mol. The van der Waals surface area contributed by atoms with E-state index in [-0.39, 0.29) is 0 Å². The van der Waals surface area contributed by atoms with Crippen molar-refractivity contribution in [3.05, 3.63) is 29.7 Å². The van der Waals surface area contributed by atoms with Gasteiger partial charge in [-0.3, -0.25) is 0 Å². The Balaban J connectivity index is 2.23. The minimum Gasteiger partial charge on any atom is -0.495 e. The molecule has 1 aromatic carbocycles. The second-order valence-corrected chi connectivity index (χ2v) is 6.74. The Bertz CT molecular complexity index is 889. The Kier molecular flexibility index (Phi) is 8.70. The van der Waals surface area contributed by atoms with E-state index in [4.69, 9.17) is 38.6 Å². The van der Waals surface area contributed by atoms with Gasteiger partial charge >= 0.3 is 0 Å². The molecule has 0 fully saturated rings. The Morgan fingerprint density at radius 1 is 1.21 bits per heavy atom. The third-order valence-corrected chi connectivity index (χ3v) is 4.45. The van der Waals surface area contributed by atoms with E-state index in [1.54, 1.807) is 25.4 Å². The summed E-state index contributed by atoms with van der Waals surface area (Å²) in [6.07, 6.45) is 4.43. The van der Waals surface area contributed by atoms with E-state index < -0.39 is 0 Å². The zero-order chi connectivity index (χ0) is 21.2. The number of rotatable bonds is 9. The van der Waals surface area contributed by atoms with Gasteiger partial charge < -0.3 is 25.0 Å². The summed E-state index contributed by atoms with van der Waals surface area (Å²) in [5.74, 6) is 1.69. The van der Waals surface area contributed by atoms with Gasteiger partial charge in [0, 0.05) is 25.2 Å². The standard InChI is InChI=1S/C19H23ClN6O2S/c1-4-7-26(8-5-6-21)18-15(11-22-12-23-18)25-19(29)24-14-10-16(27-2)13(20)9-17(14)28-3/h9-12H,4-5,7-8H2,1-3H3,(H2,24,25,29). The van der Waals surface area contributed by atoms with Crippen molar-refractivity contribution in [3.63, 3.8) is 0 Å². The van der Waals surface area contributed by atoms with Crippen LogP contribution < -0.4 is 25.0 Å². The first kappa shape index (κ1) is 22.5. The highest BCUT2D eigenvalue weighted by molar-refractivity contribution is 7.80. The molecule has 2 rings (SSSR count). The molecular formula is C19H23ClN6O2S. The van der Waals surface area contributed by atoms with Crippen molar-refractivity contribution in [2.24, 2.45) is 0 Å². The third-order valence-electron chi connectivity index (χ3n) is 3.95. The fourth-order valence-corrected chi connectivity index (χ4v) is 3.13. The van der Waals surface area contributed by atoms with Crippen molar-refractivity contribution < 1.29 is 9.47 Å². The molecule has 0 spiro atoms. The first-order valence-electron chi connectivity index (χ1n) is 8.95. The van der Waals surface area contributed by atoms with Crippen LogP contribution in [0.15, 0.2) is 24.7 Å². The Morgan fingerprint density at radius 3 is 2.59 bits per heavy atom. The molecule has 0 amide bonds. The average Bonchev–Trinajstić information content (AvgIpc) is 2.72. The molecule has 0 atom stereocenters. The molecule has 0 saturated carbocycles. The van der Waals surface area contributed by atoms with Gasteiger partial charge in [0.25, 0.3) is 0 Å². The van der Waals surface area contributed by atoms with Crippen molar-refractivity contribution in [3.8, 4) is 17.6 Å². The van der Waals surface area contributed by atoms with Crippen LogP contribution in [0.2, 0.25) is 5.02 Å². The maximum atomic E-state index is 8.93. The average molecular weight is 435 g/mol. The first-order valence-corrected chi connectivity index (χ1v) is 9.74. The van der Waals surface area contributed by atoms with Crippen LogP contribution in [0.3, 0.4) is 0 Å². The number of hydrogen-bond donors (Lipinski definition) is 2. The van der Waals surface area contributed by atoms with Gasteiger partial charge in [-0.05, 0) is 18.6 Å². The largest absolute Gasteiger partial charge is 0.495 e. The van der Waals surface area contributed by atoms with Gasteiger partial charge in [-0.15, -0.1) is 0 Å². The maximum Gasteiger partial charge on any atom is 0.175 e. The second-order valence-electron chi connectivity index (χ2n) is 5.92. The van der Waals surface area contributed by atoms with Gasteiger partial charge in [0.1, 0.15) is 23.5 Å². The SMILES string of the molecule is CCCN(CCC#N)c1ncncc1NC(=S)Nc1cc(OC)c(Cl)cc1OC. The lowest BCUT2D eigenvalue weighted by atomic mass is 10.2. The van der Waals surface area contributed by atoms with Crippen molar-refractivity contribution in [2.75, 3.05) is 42.8 Å².